The predicted octanol–water partition coefficient (Wildman–Crippen LogP) is 4.25. The van der Waals surface area contributed by atoms with Crippen LogP contribution in [0.4, 0.5) is 5.69 Å². The van der Waals surface area contributed by atoms with Crippen molar-refractivity contribution in [2.45, 2.75) is 45.6 Å². The quantitative estimate of drug-likeness (QED) is 0.707. The first-order chi connectivity index (χ1) is 12.7. The van der Waals surface area contributed by atoms with Crippen LogP contribution in [0, 0.1) is 6.92 Å². The fourth-order valence-electron chi connectivity index (χ4n) is 3.03. The maximum Gasteiger partial charge on any atom is 0.265 e. The molecule has 3 aromatic rings. The Morgan fingerprint density at radius 3 is 2.96 bits per heavy atom. The maximum atomic E-state index is 12.6. The lowest BCUT2D eigenvalue weighted by atomic mass is 10.1. The van der Waals surface area contributed by atoms with Crippen molar-refractivity contribution in [1.29, 1.82) is 0 Å². The molecule has 0 saturated heterocycles. The van der Waals surface area contributed by atoms with Crippen molar-refractivity contribution in [3.63, 3.8) is 0 Å². The number of hydrogen-bond acceptors (Lipinski definition) is 5. The first-order valence-corrected chi connectivity index (χ1v) is 9.76. The third-order valence-electron chi connectivity index (χ3n) is 4.53. The highest BCUT2D eigenvalue weighted by Crippen LogP contribution is 2.36. The van der Waals surface area contributed by atoms with Crippen LogP contribution < -0.4 is 5.32 Å². The lowest BCUT2D eigenvalue weighted by Crippen LogP contribution is -2.10. The van der Waals surface area contributed by atoms with Crippen LogP contribution in [0.3, 0.4) is 0 Å². The number of thiophene rings is 1. The molecule has 0 bridgehead atoms. The zero-order valence-electron chi connectivity index (χ0n) is 14.9. The average molecular weight is 367 g/mol. The van der Waals surface area contributed by atoms with Crippen LogP contribution >= 0.6 is 11.3 Å². The van der Waals surface area contributed by atoms with E-state index in [2.05, 4.69) is 34.7 Å². The maximum absolute atomic E-state index is 12.6. The smallest absolute Gasteiger partial charge is 0.265 e. The molecule has 1 aliphatic carbocycles. The molecular formula is C19H21N5OS. The minimum absolute atomic E-state index is 0.0700. The van der Waals surface area contributed by atoms with Crippen LogP contribution in [0.5, 0.6) is 0 Å². The molecular weight excluding hydrogens is 346 g/mol. The Morgan fingerprint density at radius 1 is 1.35 bits per heavy atom. The van der Waals surface area contributed by atoms with E-state index < -0.39 is 0 Å². The van der Waals surface area contributed by atoms with Crippen molar-refractivity contribution in [3.05, 3.63) is 45.6 Å². The number of hydrogen-bond donors (Lipinski definition) is 1. The number of tetrazole rings is 1. The number of anilines is 1. The highest BCUT2D eigenvalue weighted by atomic mass is 32.1. The SMILES string of the molecule is CCCc1cc(C(=O)Nc2cccc(-c3nnnn3C3CC3)c2)sc1C. The second-order valence-corrected chi connectivity index (χ2v) is 7.91. The van der Waals surface area contributed by atoms with E-state index >= 15 is 0 Å². The monoisotopic (exact) mass is 367 g/mol. The van der Waals surface area contributed by atoms with Gasteiger partial charge in [-0.25, -0.2) is 4.68 Å². The molecule has 2 aromatic heterocycles. The van der Waals surface area contributed by atoms with Gasteiger partial charge in [0.05, 0.1) is 10.9 Å². The van der Waals surface area contributed by atoms with Gasteiger partial charge in [-0.3, -0.25) is 4.79 Å². The summed E-state index contributed by atoms with van der Waals surface area (Å²) in [5.41, 5.74) is 2.93. The molecule has 7 heteroatoms. The number of aryl methyl sites for hydroxylation is 2. The van der Waals surface area contributed by atoms with Gasteiger partial charge in [0.15, 0.2) is 5.82 Å². The minimum Gasteiger partial charge on any atom is -0.321 e. The highest BCUT2D eigenvalue weighted by molar-refractivity contribution is 7.14. The summed E-state index contributed by atoms with van der Waals surface area (Å²) >= 11 is 1.55. The van der Waals surface area contributed by atoms with Crippen molar-refractivity contribution >= 4 is 22.9 Å². The Morgan fingerprint density at radius 2 is 2.19 bits per heavy atom. The van der Waals surface area contributed by atoms with Crippen molar-refractivity contribution in [2.24, 2.45) is 0 Å². The van der Waals surface area contributed by atoms with E-state index in [0.29, 0.717) is 6.04 Å². The summed E-state index contributed by atoms with van der Waals surface area (Å²) in [7, 11) is 0. The first kappa shape index (κ1) is 16.9. The van der Waals surface area contributed by atoms with Crippen molar-refractivity contribution in [2.75, 3.05) is 5.32 Å². The summed E-state index contributed by atoms with van der Waals surface area (Å²) in [5, 5.41) is 15.1. The normalized spacial score (nSPS) is 13.8. The fraction of sp³-hybridized carbons (Fsp3) is 0.368. The lowest BCUT2D eigenvalue weighted by molar-refractivity contribution is 0.103. The predicted molar refractivity (Wildman–Crippen MR) is 103 cm³/mol. The van der Waals surface area contributed by atoms with E-state index in [1.807, 2.05) is 35.0 Å². The van der Waals surface area contributed by atoms with Crippen LogP contribution in [-0.4, -0.2) is 26.1 Å². The van der Waals surface area contributed by atoms with E-state index in [4.69, 9.17) is 0 Å². The van der Waals surface area contributed by atoms with E-state index in [1.54, 1.807) is 11.3 Å². The molecule has 26 heavy (non-hydrogen) atoms. The van der Waals surface area contributed by atoms with E-state index in [9.17, 15) is 4.79 Å². The van der Waals surface area contributed by atoms with Gasteiger partial charge in [0.2, 0.25) is 0 Å². The number of carbonyl (C=O) groups is 1. The summed E-state index contributed by atoms with van der Waals surface area (Å²) in [6.07, 6.45) is 4.32. The van der Waals surface area contributed by atoms with Gasteiger partial charge in [0.25, 0.3) is 5.91 Å². The van der Waals surface area contributed by atoms with Gasteiger partial charge in [0.1, 0.15) is 0 Å². The summed E-state index contributed by atoms with van der Waals surface area (Å²) in [6.45, 7) is 4.22. The van der Waals surface area contributed by atoms with Gasteiger partial charge in [-0.2, -0.15) is 0 Å². The van der Waals surface area contributed by atoms with Gasteiger partial charge in [0, 0.05) is 16.1 Å². The Hall–Kier alpha value is -2.54. The second kappa shape index (κ2) is 6.99. The number of aromatic nitrogens is 4. The summed E-state index contributed by atoms with van der Waals surface area (Å²) in [6, 6.07) is 10.1. The van der Waals surface area contributed by atoms with Crippen LogP contribution in [0.25, 0.3) is 11.4 Å². The summed E-state index contributed by atoms with van der Waals surface area (Å²) in [4.78, 5) is 14.6. The Balaban J connectivity index is 1.54. The largest absolute Gasteiger partial charge is 0.321 e. The molecule has 0 radical (unpaired) electrons. The van der Waals surface area contributed by atoms with Crippen LogP contribution in [0.2, 0.25) is 0 Å². The zero-order chi connectivity index (χ0) is 18.1. The topological polar surface area (TPSA) is 72.7 Å². The molecule has 134 valence electrons. The summed E-state index contributed by atoms with van der Waals surface area (Å²) in [5.74, 6) is 0.681. The van der Waals surface area contributed by atoms with E-state index in [0.717, 1.165) is 47.6 Å². The molecule has 0 spiro atoms. The molecule has 0 atom stereocenters. The lowest BCUT2D eigenvalue weighted by Gasteiger charge is -2.07. The average Bonchev–Trinajstić information content (AvgIpc) is 3.24. The van der Waals surface area contributed by atoms with Gasteiger partial charge in [-0.1, -0.05) is 25.5 Å². The first-order valence-electron chi connectivity index (χ1n) is 8.94. The standard InChI is InChI=1S/C19H21N5OS/c1-3-5-13-11-17(26-12(13)2)19(25)20-15-7-4-6-14(10-15)18-21-22-23-24(18)16-8-9-16/h4,6-7,10-11,16H,3,5,8-9H2,1-2H3,(H,20,25). The van der Waals surface area contributed by atoms with Gasteiger partial charge < -0.3 is 5.32 Å². The molecule has 6 nitrogen and oxygen atoms in total. The number of nitrogens with zero attached hydrogens (tertiary/aromatic N) is 4. The Bertz CT molecular complexity index is 941. The van der Waals surface area contributed by atoms with Crippen LogP contribution in [0.1, 0.15) is 52.3 Å². The van der Waals surface area contributed by atoms with Crippen LogP contribution in [-0.2, 0) is 6.42 Å². The molecule has 1 fully saturated rings. The Kier molecular flexibility index (Phi) is 4.55. The number of benzene rings is 1. The fourth-order valence-corrected chi connectivity index (χ4v) is 3.99. The molecule has 1 N–H and O–H groups in total. The molecule has 1 amide bonds. The highest BCUT2D eigenvalue weighted by Gasteiger charge is 2.28. The van der Waals surface area contributed by atoms with Crippen molar-refractivity contribution in [1.82, 2.24) is 20.2 Å². The second-order valence-electron chi connectivity index (χ2n) is 6.66. The molecule has 1 aliphatic rings. The van der Waals surface area contributed by atoms with E-state index in [1.165, 1.54) is 10.4 Å². The van der Waals surface area contributed by atoms with E-state index in [-0.39, 0.29) is 5.91 Å². The van der Waals surface area contributed by atoms with Crippen molar-refractivity contribution < 1.29 is 4.79 Å². The third-order valence-corrected chi connectivity index (χ3v) is 5.62. The molecule has 0 unspecified atom stereocenters. The van der Waals surface area contributed by atoms with Gasteiger partial charge >= 0.3 is 0 Å². The minimum atomic E-state index is -0.0700. The number of nitrogens with one attached hydrogen (secondary N) is 1. The number of rotatable bonds is 6. The molecule has 0 aliphatic heterocycles. The number of amides is 1. The molecule has 2 heterocycles. The van der Waals surface area contributed by atoms with Crippen LogP contribution in [0.15, 0.2) is 30.3 Å². The summed E-state index contributed by atoms with van der Waals surface area (Å²) < 4.78 is 1.88. The van der Waals surface area contributed by atoms with Crippen molar-refractivity contribution in [3.8, 4) is 11.4 Å². The number of carbonyl (C=O) groups excluding carboxylic acids is 1. The molecule has 4 rings (SSSR count). The zero-order valence-corrected chi connectivity index (χ0v) is 15.7. The van der Waals surface area contributed by atoms with Gasteiger partial charge in [-0.05, 0) is 60.4 Å². The Labute approximate surface area is 156 Å². The third kappa shape index (κ3) is 3.39. The molecule has 1 saturated carbocycles. The molecule has 1 aromatic carbocycles. The van der Waals surface area contributed by atoms with Gasteiger partial charge in [-0.15, -0.1) is 16.4 Å².